The van der Waals surface area contributed by atoms with Crippen LogP contribution in [-0.4, -0.2) is 45.2 Å². The lowest BCUT2D eigenvalue weighted by molar-refractivity contribution is -0.134. The van der Waals surface area contributed by atoms with Crippen molar-refractivity contribution in [1.29, 1.82) is 0 Å². The molecule has 2 aliphatic rings. The first kappa shape index (κ1) is 22.3. The number of nitrogens with one attached hydrogen (secondary N) is 1. The second kappa shape index (κ2) is 9.00. The number of amides is 2. The highest BCUT2D eigenvalue weighted by atomic mass is 16.5. The Hall–Kier alpha value is -3.55. The van der Waals surface area contributed by atoms with Gasteiger partial charge >= 0.3 is 0 Å². The molecule has 0 spiro atoms. The van der Waals surface area contributed by atoms with Crippen molar-refractivity contribution in [3.05, 3.63) is 60.0 Å². The second-order valence-corrected chi connectivity index (χ2v) is 9.37. The largest absolute Gasteiger partial charge is 0.497 e. The molecule has 1 aliphatic heterocycles. The zero-order chi connectivity index (χ0) is 23.7. The fourth-order valence-corrected chi connectivity index (χ4v) is 4.94. The van der Waals surface area contributed by atoms with Crippen molar-refractivity contribution < 1.29 is 18.7 Å². The molecule has 1 atom stereocenters. The topological polar surface area (TPSA) is 89.6 Å². The van der Waals surface area contributed by atoms with Gasteiger partial charge in [0.05, 0.1) is 19.9 Å². The summed E-state index contributed by atoms with van der Waals surface area (Å²) in [5.41, 5.74) is 0.857. The summed E-state index contributed by atoms with van der Waals surface area (Å²) in [6.45, 7) is 2.41. The number of methoxy groups -OCH3 is 1. The van der Waals surface area contributed by atoms with Gasteiger partial charge in [-0.25, -0.2) is 0 Å². The van der Waals surface area contributed by atoms with Crippen molar-refractivity contribution in [3.8, 4) is 17.2 Å². The highest BCUT2D eigenvalue weighted by molar-refractivity contribution is 6.00. The SMILES string of the molecule is COc1ccc(CN2C(=O)c3cc(-c4ccco4)nn3C[C@@]2(C)C(=O)NC2CCCCC2)cc1. The van der Waals surface area contributed by atoms with Gasteiger partial charge in [0.2, 0.25) is 5.91 Å². The summed E-state index contributed by atoms with van der Waals surface area (Å²) < 4.78 is 12.4. The van der Waals surface area contributed by atoms with Gasteiger partial charge in [0.1, 0.15) is 22.7 Å². The number of aromatic nitrogens is 2. The molecule has 34 heavy (non-hydrogen) atoms. The molecule has 2 aromatic heterocycles. The summed E-state index contributed by atoms with van der Waals surface area (Å²) in [6, 6.07) is 13.0. The highest BCUT2D eigenvalue weighted by Crippen LogP contribution is 2.32. The summed E-state index contributed by atoms with van der Waals surface area (Å²) in [5, 5.41) is 7.85. The van der Waals surface area contributed by atoms with E-state index >= 15 is 0 Å². The summed E-state index contributed by atoms with van der Waals surface area (Å²) in [6.07, 6.45) is 6.97. The lowest BCUT2D eigenvalue weighted by Crippen LogP contribution is -2.64. The molecular formula is C26H30N4O4. The minimum atomic E-state index is -1.09. The predicted molar refractivity (Wildman–Crippen MR) is 126 cm³/mol. The van der Waals surface area contributed by atoms with Gasteiger partial charge in [-0.1, -0.05) is 31.4 Å². The maximum absolute atomic E-state index is 13.8. The van der Waals surface area contributed by atoms with Crippen LogP contribution in [0.15, 0.2) is 53.1 Å². The molecule has 3 aromatic rings. The molecule has 1 aromatic carbocycles. The smallest absolute Gasteiger partial charge is 0.273 e. The van der Waals surface area contributed by atoms with Crippen molar-refractivity contribution >= 4 is 11.8 Å². The standard InChI is InChI=1S/C26H30N4O4/c1-26(25(32)27-19-7-4-3-5-8-19)17-30-22(15-21(28-30)23-9-6-14-34-23)24(31)29(26)16-18-10-12-20(33-2)13-11-18/h6,9-15,19H,3-5,7-8,16-17H2,1-2H3,(H,27,32)/t26-/m0/s1. The van der Waals surface area contributed by atoms with E-state index in [1.165, 1.54) is 6.42 Å². The van der Waals surface area contributed by atoms with Crippen LogP contribution in [0.2, 0.25) is 0 Å². The van der Waals surface area contributed by atoms with Crippen LogP contribution in [0.5, 0.6) is 5.75 Å². The third-order valence-corrected chi connectivity index (χ3v) is 7.00. The molecule has 1 N–H and O–H groups in total. The van der Waals surface area contributed by atoms with E-state index in [0.29, 0.717) is 23.7 Å². The third-order valence-electron chi connectivity index (χ3n) is 7.00. The van der Waals surface area contributed by atoms with Gasteiger partial charge < -0.3 is 19.4 Å². The van der Waals surface area contributed by atoms with Crippen LogP contribution in [0.25, 0.3) is 11.5 Å². The predicted octanol–water partition coefficient (Wildman–Crippen LogP) is 4.02. The molecule has 0 radical (unpaired) electrons. The number of fused-ring (bicyclic) bond motifs is 1. The number of carbonyl (C=O) groups is 2. The van der Waals surface area contributed by atoms with Gasteiger partial charge in [-0.05, 0) is 49.6 Å². The molecule has 1 aliphatic carbocycles. The Bertz CT molecular complexity index is 1160. The van der Waals surface area contributed by atoms with E-state index in [1.807, 2.05) is 37.3 Å². The van der Waals surface area contributed by atoms with Crippen LogP contribution in [0.3, 0.4) is 0 Å². The zero-order valence-corrected chi connectivity index (χ0v) is 19.6. The zero-order valence-electron chi connectivity index (χ0n) is 19.6. The van der Waals surface area contributed by atoms with Crippen LogP contribution in [0.4, 0.5) is 0 Å². The van der Waals surface area contributed by atoms with Crippen molar-refractivity contribution in [2.45, 2.75) is 63.7 Å². The Balaban J connectivity index is 1.49. The number of carbonyl (C=O) groups excluding carboxylic acids is 2. The van der Waals surface area contributed by atoms with Crippen molar-refractivity contribution in [3.63, 3.8) is 0 Å². The summed E-state index contributed by atoms with van der Waals surface area (Å²) in [5.74, 6) is 0.966. The maximum atomic E-state index is 13.8. The molecule has 1 saturated carbocycles. The van der Waals surface area contributed by atoms with Gasteiger partial charge in [0.25, 0.3) is 5.91 Å². The van der Waals surface area contributed by atoms with Crippen LogP contribution in [-0.2, 0) is 17.9 Å². The average molecular weight is 463 g/mol. The summed E-state index contributed by atoms with van der Waals surface area (Å²) >= 11 is 0. The molecule has 0 saturated heterocycles. The molecule has 3 heterocycles. The Kier molecular flexibility index (Phi) is 5.89. The molecular weight excluding hydrogens is 432 g/mol. The van der Waals surface area contributed by atoms with E-state index in [4.69, 9.17) is 9.15 Å². The monoisotopic (exact) mass is 462 g/mol. The number of hydrogen-bond donors (Lipinski definition) is 1. The Morgan fingerprint density at radius 2 is 1.97 bits per heavy atom. The Labute approximate surface area is 198 Å². The normalized spacial score (nSPS) is 20.8. The van der Waals surface area contributed by atoms with Crippen molar-refractivity contribution in [2.24, 2.45) is 0 Å². The van der Waals surface area contributed by atoms with Crippen molar-refractivity contribution in [1.82, 2.24) is 20.0 Å². The van der Waals surface area contributed by atoms with E-state index in [1.54, 1.807) is 35.1 Å². The molecule has 2 amide bonds. The molecule has 8 heteroatoms. The van der Waals surface area contributed by atoms with E-state index in [-0.39, 0.29) is 24.4 Å². The van der Waals surface area contributed by atoms with Crippen molar-refractivity contribution in [2.75, 3.05) is 7.11 Å². The number of ether oxygens (including phenoxy) is 1. The fraction of sp³-hybridized carbons (Fsp3) is 0.423. The van der Waals surface area contributed by atoms with Gasteiger partial charge in [0.15, 0.2) is 5.76 Å². The molecule has 178 valence electrons. The first-order chi connectivity index (χ1) is 16.5. The van der Waals surface area contributed by atoms with Gasteiger partial charge in [-0.15, -0.1) is 0 Å². The van der Waals surface area contributed by atoms with Crippen LogP contribution < -0.4 is 10.1 Å². The summed E-state index contributed by atoms with van der Waals surface area (Å²) in [7, 11) is 1.62. The quantitative estimate of drug-likeness (QED) is 0.598. The van der Waals surface area contributed by atoms with E-state index in [2.05, 4.69) is 10.4 Å². The van der Waals surface area contributed by atoms with Gasteiger partial charge in [-0.2, -0.15) is 5.10 Å². The fourth-order valence-electron chi connectivity index (χ4n) is 4.94. The highest BCUT2D eigenvalue weighted by Gasteiger charge is 2.48. The number of nitrogens with zero attached hydrogens (tertiary/aromatic N) is 3. The van der Waals surface area contributed by atoms with Gasteiger partial charge in [0, 0.05) is 18.7 Å². The van der Waals surface area contributed by atoms with E-state index < -0.39 is 5.54 Å². The molecule has 5 rings (SSSR count). The average Bonchev–Trinajstić information content (AvgIpc) is 3.53. The second-order valence-electron chi connectivity index (χ2n) is 9.37. The molecule has 8 nitrogen and oxygen atoms in total. The molecule has 0 bridgehead atoms. The van der Waals surface area contributed by atoms with Crippen LogP contribution in [0.1, 0.15) is 55.1 Å². The van der Waals surface area contributed by atoms with Crippen LogP contribution >= 0.6 is 0 Å². The minimum Gasteiger partial charge on any atom is -0.497 e. The number of furan rings is 1. The number of rotatable bonds is 6. The minimum absolute atomic E-state index is 0.137. The van der Waals surface area contributed by atoms with Crippen LogP contribution in [0, 0.1) is 0 Å². The van der Waals surface area contributed by atoms with E-state index in [9.17, 15) is 9.59 Å². The first-order valence-corrected chi connectivity index (χ1v) is 11.9. The third kappa shape index (κ3) is 4.08. The lowest BCUT2D eigenvalue weighted by atomic mass is 9.91. The van der Waals surface area contributed by atoms with Gasteiger partial charge in [-0.3, -0.25) is 14.3 Å². The first-order valence-electron chi connectivity index (χ1n) is 11.9. The van der Waals surface area contributed by atoms with E-state index in [0.717, 1.165) is 37.0 Å². The molecule has 0 unspecified atom stereocenters. The summed E-state index contributed by atoms with van der Waals surface area (Å²) in [4.78, 5) is 29.1. The Morgan fingerprint density at radius 1 is 1.21 bits per heavy atom. The molecule has 1 fully saturated rings. The number of hydrogen-bond acceptors (Lipinski definition) is 5. The number of benzene rings is 1. The lowest BCUT2D eigenvalue weighted by Gasteiger charge is -2.44. The Morgan fingerprint density at radius 3 is 2.65 bits per heavy atom. The maximum Gasteiger partial charge on any atom is 0.273 e.